The molecular weight excluding hydrogens is 290 g/mol. The minimum Gasteiger partial charge on any atom is -0.497 e. The van der Waals surface area contributed by atoms with Gasteiger partial charge in [0.1, 0.15) is 11.5 Å². The molecule has 4 nitrogen and oxygen atoms in total. The van der Waals surface area contributed by atoms with Gasteiger partial charge in [-0.1, -0.05) is 24.3 Å². The third-order valence-electron chi connectivity index (χ3n) is 3.81. The number of para-hydroxylation sites is 2. The van der Waals surface area contributed by atoms with Gasteiger partial charge < -0.3 is 14.8 Å². The highest BCUT2D eigenvalue weighted by Gasteiger charge is 2.30. The van der Waals surface area contributed by atoms with Crippen molar-refractivity contribution in [1.82, 2.24) is 0 Å². The summed E-state index contributed by atoms with van der Waals surface area (Å²) in [4.78, 5) is 12.7. The van der Waals surface area contributed by atoms with Gasteiger partial charge in [-0.25, -0.2) is 0 Å². The normalized spacial score (nSPS) is 11.0. The minimum absolute atomic E-state index is 0.0881. The zero-order valence-electron chi connectivity index (χ0n) is 14.1. The van der Waals surface area contributed by atoms with E-state index in [1.165, 1.54) is 0 Å². The van der Waals surface area contributed by atoms with E-state index in [0.29, 0.717) is 18.0 Å². The lowest BCUT2D eigenvalue weighted by Crippen LogP contribution is -2.34. The van der Waals surface area contributed by atoms with Crippen LogP contribution in [0.5, 0.6) is 11.5 Å². The standard InChI is InChI=1S/C19H23NO3/c1-5-23-17-9-7-6-8-16(17)20-18(21)19(2,3)14-10-12-15(22-4)13-11-14/h6-13H,5H2,1-4H3,(H,20,21). The molecule has 0 aliphatic rings. The predicted octanol–water partition coefficient (Wildman–Crippen LogP) is 4.01. The Morgan fingerprint density at radius 3 is 2.35 bits per heavy atom. The van der Waals surface area contributed by atoms with Crippen molar-refractivity contribution in [3.05, 3.63) is 54.1 Å². The number of nitrogens with one attached hydrogen (secondary N) is 1. The lowest BCUT2D eigenvalue weighted by Gasteiger charge is -2.25. The molecule has 0 saturated carbocycles. The van der Waals surface area contributed by atoms with E-state index in [4.69, 9.17) is 9.47 Å². The molecule has 0 unspecified atom stereocenters. The Bertz CT molecular complexity index is 663. The molecule has 23 heavy (non-hydrogen) atoms. The van der Waals surface area contributed by atoms with E-state index in [9.17, 15) is 4.79 Å². The summed E-state index contributed by atoms with van der Waals surface area (Å²) >= 11 is 0. The highest BCUT2D eigenvalue weighted by molar-refractivity contribution is 5.99. The average molecular weight is 313 g/mol. The van der Waals surface area contributed by atoms with Crippen LogP contribution < -0.4 is 14.8 Å². The summed E-state index contributed by atoms with van der Waals surface area (Å²) in [6.07, 6.45) is 0. The molecular formula is C19H23NO3. The molecule has 0 bridgehead atoms. The fourth-order valence-electron chi connectivity index (χ4n) is 2.27. The smallest absolute Gasteiger partial charge is 0.234 e. The monoisotopic (exact) mass is 313 g/mol. The summed E-state index contributed by atoms with van der Waals surface area (Å²) < 4.78 is 10.7. The number of rotatable bonds is 6. The molecule has 0 heterocycles. The van der Waals surface area contributed by atoms with Gasteiger partial charge in [-0.3, -0.25) is 4.79 Å². The van der Waals surface area contributed by atoms with E-state index in [1.807, 2.05) is 69.3 Å². The van der Waals surface area contributed by atoms with Crippen LogP contribution in [0.25, 0.3) is 0 Å². The molecule has 2 aromatic carbocycles. The summed E-state index contributed by atoms with van der Waals surface area (Å²) in [5.41, 5.74) is 0.927. The van der Waals surface area contributed by atoms with E-state index in [1.54, 1.807) is 7.11 Å². The van der Waals surface area contributed by atoms with E-state index < -0.39 is 5.41 Å². The molecule has 0 saturated heterocycles. The van der Waals surface area contributed by atoms with Gasteiger partial charge in [-0.15, -0.1) is 0 Å². The lowest BCUT2D eigenvalue weighted by atomic mass is 9.83. The van der Waals surface area contributed by atoms with Crippen molar-refractivity contribution in [2.75, 3.05) is 19.0 Å². The molecule has 0 spiro atoms. The van der Waals surface area contributed by atoms with Gasteiger partial charge in [0.05, 0.1) is 24.8 Å². The zero-order chi connectivity index (χ0) is 16.9. The topological polar surface area (TPSA) is 47.6 Å². The fourth-order valence-corrected chi connectivity index (χ4v) is 2.27. The van der Waals surface area contributed by atoms with Gasteiger partial charge in [0.2, 0.25) is 5.91 Å². The number of anilines is 1. The molecule has 0 aromatic heterocycles. The first-order chi connectivity index (χ1) is 11.0. The highest BCUT2D eigenvalue weighted by Crippen LogP contribution is 2.29. The number of ether oxygens (including phenoxy) is 2. The quantitative estimate of drug-likeness (QED) is 0.876. The van der Waals surface area contributed by atoms with Crippen LogP contribution in [0.1, 0.15) is 26.3 Å². The van der Waals surface area contributed by atoms with Crippen LogP contribution in [0.3, 0.4) is 0 Å². The van der Waals surface area contributed by atoms with Crippen molar-refractivity contribution in [2.45, 2.75) is 26.2 Å². The van der Waals surface area contributed by atoms with Crippen LogP contribution in [-0.4, -0.2) is 19.6 Å². The van der Waals surface area contributed by atoms with Crippen molar-refractivity contribution >= 4 is 11.6 Å². The maximum atomic E-state index is 12.7. The van der Waals surface area contributed by atoms with Crippen LogP contribution in [0.15, 0.2) is 48.5 Å². The Kier molecular flexibility index (Phi) is 5.27. The van der Waals surface area contributed by atoms with Gasteiger partial charge in [-0.05, 0) is 50.6 Å². The maximum Gasteiger partial charge on any atom is 0.234 e. The van der Waals surface area contributed by atoms with Crippen LogP contribution >= 0.6 is 0 Å². The van der Waals surface area contributed by atoms with E-state index >= 15 is 0 Å². The molecule has 2 aromatic rings. The summed E-state index contributed by atoms with van der Waals surface area (Å²) in [5, 5.41) is 2.97. The second-order valence-corrected chi connectivity index (χ2v) is 5.74. The van der Waals surface area contributed by atoms with Gasteiger partial charge >= 0.3 is 0 Å². The Morgan fingerprint density at radius 2 is 1.74 bits per heavy atom. The van der Waals surface area contributed by atoms with Crippen molar-refractivity contribution < 1.29 is 14.3 Å². The molecule has 1 amide bonds. The van der Waals surface area contributed by atoms with Crippen LogP contribution in [0.4, 0.5) is 5.69 Å². The van der Waals surface area contributed by atoms with E-state index in [0.717, 1.165) is 11.3 Å². The number of hydrogen-bond donors (Lipinski definition) is 1. The Labute approximate surface area is 137 Å². The third kappa shape index (κ3) is 3.83. The number of amides is 1. The zero-order valence-corrected chi connectivity index (χ0v) is 14.1. The highest BCUT2D eigenvalue weighted by atomic mass is 16.5. The van der Waals surface area contributed by atoms with Crippen molar-refractivity contribution in [1.29, 1.82) is 0 Å². The van der Waals surface area contributed by atoms with Gasteiger partial charge in [0.25, 0.3) is 0 Å². The second-order valence-electron chi connectivity index (χ2n) is 5.74. The number of hydrogen-bond acceptors (Lipinski definition) is 3. The average Bonchev–Trinajstić information content (AvgIpc) is 2.57. The molecule has 0 aliphatic carbocycles. The van der Waals surface area contributed by atoms with Crippen LogP contribution in [0.2, 0.25) is 0 Å². The van der Waals surface area contributed by atoms with Crippen molar-refractivity contribution in [3.63, 3.8) is 0 Å². The first kappa shape index (κ1) is 16.9. The molecule has 0 fully saturated rings. The summed E-state index contributed by atoms with van der Waals surface area (Å²) in [6, 6.07) is 15.0. The lowest BCUT2D eigenvalue weighted by molar-refractivity contribution is -0.120. The van der Waals surface area contributed by atoms with Crippen LogP contribution in [0, 0.1) is 0 Å². The molecule has 0 aliphatic heterocycles. The third-order valence-corrected chi connectivity index (χ3v) is 3.81. The second kappa shape index (κ2) is 7.18. The fraction of sp³-hybridized carbons (Fsp3) is 0.316. The Hall–Kier alpha value is -2.49. The Balaban J connectivity index is 2.21. The Morgan fingerprint density at radius 1 is 1.09 bits per heavy atom. The molecule has 1 N–H and O–H groups in total. The largest absolute Gasteiger partial charge is 0.497 e. The predicted molar refractivity (Wildman–Crippen MR) is 92.3 cm³/mol. The van der Waals surface area contributed by atoms with Crippen molar-refractivity contribution in [2.24, 2.45) is 0 Å². The first-order valence-electron chi connectivity index (χ1n) is 7.67. The van der Waals surface area contributed by atoms with Gasteiger partial charge in [-0.2, -0.15) is 0 Å². The summed E-state index contributed by atoms with van der Waals surface area (Å²) in [6.45, 7) is 6.26. The summed E-state index contributed by atoms with van der Waals surface area (Å²) in [7, 11) is 1.62. The molecule has 0 atom stereocenters. The minimum atomic E-state index is -0.675. The molecule has 2 rings (SSSR count). The number of carbonyl (C=O) groups is 1. The van der Waals surface area contributed by atoms with Gasteiger partial charge in [0.15, 0.2) is 0 Å². The maximum absolute atomic E-state index is 12.7. The number of carbonyl (C=O) groups excluding carboxylic acids is 1. The SMILES string of the molecule is CCOc1ccccc1NC(=O)C(C)(C)c1ccc(OC)cc1. The molecule has 4 heteroatoms. The first-order valence-corrected chi connectivity index (χ1v) is 7.67. The van der Waals surface area contributed by atoms with Crippen molar-refractivity contribution in [3.8, 4) is 11.5 Å². The number of benzene rings is 2. The number of methoxy groups -OCH3 is 1. The van der Waals surface area contributed by atoms with E-state index in [-0.39, 0.29) is 5.91 Å². The van der Waals surface area contributed by atoms with Crippen LogP contribution in [-0.2, 0) is 10.2 Å². The molecule has 122 valence electrons. The summed E-state index contributed by atoms with van der Waals surface area (Å²) in [5.74, 6) is 1.36. The van der Waals surface area contributed by atoms with Gasteiger partial charge in [0, 0.05) is 0 Å². The molecule has 0 radical (unpaired) electrons. The van der Waals surface area contributed by atoms with E-state index in [2.05, 4.69) is 5.32 Å².